The summed E-state index contributed by atoms with van der Waals surface area (Å²) < 4.78 is 11.2. The quantitative estimate of drug-likeness (QED) is 0.561. The molecule has 0 spiro atoms. The fourth-order valence-electron chi connectivity index (χ4n) is 2.69. The molecule has 0 aromatic heterocycles. The minimum atomic E-state index is -0.161. The first kappa shape index (κ1) is 22.3. The van der Waals surface area contributed by atoms with Crippen molar-refractivity contribution in [3.8, 4) is 11.5 Å². The van der Waals surface area contributed by atoms with Crippen molar-refractivity contribution in [3.05, 3.63) is 53.6 Å². The van der Waals surface area contributed by atoms with Gasteiger partial charge in [0.05, 0.1) is 6.61 Å². The van der Waals surface area contributed by atoms with Gasteiger partial charge in [-0.15, -0.1) is 0 Å². The predicted octanol–water partition coefficient (Wildman–Crippen LogP) is 4.01. The van der Waals surface area contributed by atoms with Gasteiger partial charge < -0.3 is 20.1 Å². The summed E-state index contributed by atoms with van der Waals surface area (Å²) in [7, 11) is 0. The number of carbonyl (C=O) groups excluding carboxylic acids is 2. The Labute approximate surface area is 172 Å². The van der Waals surface area contributed by atoms with Crippen LogP contribution in [0.15, 0.2) is 42.5 Å². The molecule has 0 aliphatic heterocycles. The summed E-state index contributed by atoms with van der Waals surface area (Å²) in [6, 6.07) is 13.1. The second-order valence-corrected chi connectivity index (χ2v) is 6.89. The summed E-state index contributed by atoms with van der Waals surface area (Å²) >= 11 is 0. The summed E-state index contributed by atoms with van der Waals surface area (Å²) in [5.41, 5.74) is 2.99. The van der Waals surface area contributed by atoms with Crippen molar-refractivity contribution in [3.63, 3.8) is 0 Å². The lowest BCUT2D eigenvalue weighted by Gasteiger charge is -2.10. The van der Waals surface area contributed by atoms with E-state index in [4.69, 9.17) is 9.47 Å². The molecule has 2 amide bonds. The normalized spacial score (nSPS) is 10.3. The van der Waals surface area contributed by atoms with E-state index in [1.165, 1.54) is 5.56 Å². The van der Waals surface area contributed by atoms with Crippen molar-refractivity contribution in [2.75, 3.05) is 25.1 Å². The van der Waals surface area contributed by atoms with Crippen molar-refractivity contribution in [2.24, 2.45) is 0 Å². The summed E-state index contributed by atoms with van der Waals surface area (Å²) in [5.74, 6) is 1.29. The summed E-state index contributed by atoms with van der Waals surface area (Å²) in [5, 5.41) is 5.53. The molecule has 0 saturated heterocycles. The second-order valence-electron chi connectivity index (χ2n) is 6.89. The number of anilines is 1. The van der Waals surface area contributed by atoms with E-state index in [1.54, 1.807) is 24.3 Å². The lowest BCUT2D eigenvalue weighted by molar-refractivity contribution is -0.123. The number of benzene rings is 2. The number of likely N-dealkylation sites (N-methyl/N-ethyl adjacent to an activating group) is 1. The van der Waals surface area contributed by atoms with Gasteiger partial charge in [0.25, 0.3) is 5.91 Å². The predicted molar refractivity (Wildman–Crippen MR) is 115 cm³/mol. The monoisotopic (exact) mass is 398 g/mol. The van der Waals surface area contributed by atoms with Gasteiger partial charge in [0, 0.05) is 18.7 Å². The molecule has 2 rings (SSSR count). The Morgan fingerprint density at radius 1 is 0.931 bits per heavy atom. The standard InChI is InChI=1S/C23H30N2O4/c1-4-24-23(27)16-29-20-12-10-19(11-13-20)25-22(26)7-5-6-14-28-21-15-17(2)8-9-18(21)3/h8-13,15H,4-7,14,16H2,1-3H3,(H,24,27)(H,25,26). The zero-order chi connectivity index (χ0) is 21.1. The Morgan fingerprint density at radius 3 is 2.41 bits per heavy atom. The fourth-order valence-corrected chi connectivity index (χ4v) is 2.69. The highest BCUT2D eigenvalue weighted by molar-refractivity contribution is 5.90. The number of hydrogen-bond acceptors (Lipinski definition) is 4. The first-order valence-corrected chi connectivity index (χ1v) is 9.97. The van der Waals surface area contributed by atoms with Crippen LogP contribution in [0.2, 0.25) is 0 Å². The van der Waals surface area contributed by atoms with Gasteiger partial charge in [-0.2, -0.15) is 0 Å². The number of unbranched alkanes of at least 4 members (excludes halogenated alkanes) is 1. The van der Waals surface area contributed by atoms with E-state index >= 15 is 0 Å². The SMILES string of the molecule is CCNC(=O)COc1ccc(NC(=O)CCCCOc2cc(C)ccc2C)cc1. The highest BCUT2D eigenvalue weighted by atomic mass is 16.5. The topological polar surface area (TPSA) is 76.7 Å². The van der Waals surface area contributed by atoms with Crippen LogP contribution in [0.3, 0.4) is 0 Å². The number of amides is 2. The number of carbonyl (C=O) groups is 2. The summed E-state index contributed by atoms with van der Waals surface area (Å²) in [6.07, 6.45) is 2.00. The van der Waals surface area contributed by atoms with Crippen LogP contribution in [0.5, 0.6) is 11.5 Å². The minimum absolute atomic E-state index is 0.0241. The van der Waals surface area contributed by atoms with Crippen LogP contribution in [0.1, 0.15) is 37.3 Å². The maximum absolute atomic E-state index is 12.1. The summed E-state index contributed by atoms with van der Waals surface area (Å²) in [4.78, 5) is 23.5. The van der Waals surface area contributed by atoms with Gasteiger partial charge in [-0.05, 0) is 75.1 Å². The van der Waals surface area contributed by atoms with Crippen LogP contribution < -0.4 is 20.1 Å². The minimum Gasteiger partial charge on any atom is -0.493 e. The third-order valence-electron chi connectivity index (χ3n) is 4.28. The highest BCUT2D eigenvalue weighted by Gasteiger charge is 2.05. The number of aryl methyl sites for hydroxylation is 2. The van der Waals surface area contributed by atoms with Crippen LogP contribution >= 0.6 is 0 Å². The molecule has 0 aliphatic rings. The van der Waals surface area contributed by atoms with E-state index in [0.29, 0.717) is 31.0 Å². The molecular formula is C23H30N2O4. The molecule has 0 radical (unpaired) electrons. The zero-order valence-electron chi connectivity index (χ0n) is 17.4. The Kier molecular flexibility index (Phi) is 9.02. The number of ether oxygens (including phenoxy) is 2. The molecular weight excluding hydrogens is 368 g/mol. The average molecular weight is 399 g/mol. The molecule has 0 heterocycles. The van der Waals surface area contributed by atoms with E-state index in [1.807, 2.05) is 32.9 Å². The Bertz CT molecular complexity index is 803. The Morgan fingerprint density at radius 2 is 1.69 bits per heavy atom. The molecule has 6 heteroatoms. The van der Waals surface area contributed by atoms with Crippen molar-refractivity contribution < 1.29 is 19.1 Å². The molecule has 0 unspecified atom stereocenters. The number of hydrogen-bond donors (Lipinski definition) is 2. The van der Waals surface area contributed by atoms with E-state index in [2.05, 4.69) is 16.7 Å². The maximum atomic E-state index is 12.1. The van der Waals surface area contributed by atoms with Crippen LogP contribution in [0, 0.1) is 13.8 Å². The number of nitrogens with one attached hydrogen (secondary N) is 2. The molecule has 2 aromatic carbocycles. The van der Waals surface area contributed by atoms with Gasteiger partial charge in [0.2, 0.25) is 5.91 Å². The molecule has 0 atom stereocenters. The van der Waals surface area contributed by atoms with Crippen molar-refractivity contribution in [1.29, 1.82) is 0 Å². The Hall–Kier alpha value is -3.02. The Balaban J connectivity index is 1.64. The molecule has 2 aromatic rings. The van der Waals surface area contributed by atoms with Gasteiger partial charge in [-0.1, -0.05) is 12.1 Å². The van der Waals surface area contributed by atoms with E-state index in [9.17, 15) is 9.59 Å². The van der Waals surface area contributed by atoms with Crippen molar-refractivity contribution in [1.82, 2.24) is 5.32 Å². The van der Waals surface area contributed by atoms with E-state index in [0.717, 1.165) is 24.2 Å². The number of rotatable bonds is 11. The second kappa shape index (κ2) is 11.7. The third kappa shape index (κ3) is 8.25. The molecule has 6 nitrogen and oxygen atoms in total. The first-order valence-electron chi connectivity index (χ1n) is 9.97. The maximum Gasteiger partial charge on any atom is 0.257 e. The van der Waals surface area contributed by atoms with Crippen LogP contribution in [0.4, 0.5) is 5.69 Å². The molecule has 0 aliphatic carbocycles. The van der Waals surface area contributed by atoms with Crippen molar-refractivity contribution in [2.45, 2.75) is 40.0 Å². The first-order chi connectivity index (χ1) is 14.0. The fraction of sp³-hybridized carbons (Fsp3) is 0.391. The van der Waals surface area contributed by atoms with Gasteiger partial charge in [0.15, 0.2) is 6.61 Å². The van der Waals surface area contributed by atoms with Crippen LogP contribution in [-0.2, 0) is 9.59 Å². The molecule has 0 fully saturated rings. The van der Waals surface area contributed by atoms with Gasteiger partial charge in [-0.25, -0.2) is 0 Å². The van der Waals surface area contributed by atoms with Crippen molar-refractivity contribution >= 4 is 17.5 Å². The molecule has 156 valence electrons. The van der Waals surface area contributed by atoms with Gasteiger partial charge >= 0.3 is 0 Å². The third-order valence-corrected chi connectivity index (χ3v) is 4.28. The van der Waals surface area contributed by atoms with Gasteiger partial charge in [0.1, 0.15) is 11.5 Å². The van der Waals surface area contributed by atoms with E-state index in [-0.39, 0.29) is 18.4 Å². The molecule has 0 saturated carbocycles. The largest absolute Gasteiger partial charge is 0.493 e. The average Bonchev–Trinajstić information content (AvgIpc) is 2.70. The molecule has 2 N–H and O–H groups in total. The smallest absolute Gasteiger partial charge is 0.257 e. The molecule has 29 heavy (non-hydrogen) atoms. The van der Waals surface area contributed by atoms with Crippen LogP contribution in [-0.4, -0.2) is 31.6 Å². The zero-order valence-corrected chi connectivity index (χ0v) is 17.4. The lowest BCUT2D eigenvalue weighted by atomic mass is 10.1. The molecule has 0 bridgehead atoms. The van der Waals surface area contributed by atoms with Gasteiger partial charge in [-0.3, -0.25) is 9.59 Å². The summed E-state index contributed by atoms with van der Waals surface area (Å²) in [6.45, 7) is 7.06. The highest BCUT2D eigenvalue weighted by Crippen LogP contribution is 2.19. The van der Waals surface area contributed by atoms with E-state index < -0.39 is 0 Å². The lowest BCUT2D eigenvalue weighted by Crippen LogP contribution is -2.28. The van der Waals surface area contributed by atoms with Crippen LogP contribution in [0.25, 0.3) is 0 Å².